The summed E-state index contributed by atoms with van der Waals surface area (Å²) in [6, 6.07) is 8.76. The van der Waals surface area contributed by atoms with Gasteiger partial charge in [-0.25, -0.2) is 12.8 Å². The Kier molecular flexibility index (Phi) is 6.02. The number of rotatable bonds is 6. The van der Waals surface area contributed by atoms with Crippen molar-refractivity contribution in [1.29, 1.82) is 0 Å². The third-order valence-electron chi connectivity index (χ3n) is 3.26. The second-order valence-electron chi connectivity index (χ2n) is 5.86. The van der Waals surface area contributed by atoms with E-state index < -0.39 is 21.7 Å². The predicted molar refractivity (Wildman–Crippen MR) is 95.8 cm³/mol. The molecule has 0 atom stereocenters. The van der Waals surface area contributed by atoms with E-state index >= 15 is 0 Å². The van der Waals surface area contributed by atoms with E-state index in [1.165, 1.54) is 30.3 Å². The lowest BCUT2D eigenvalue weighted by molar-refractivity contribution is 0.0949. The summed E-state index contributed by atoms with van der Waals surface area (Å²) in [4.78, 5) is 12.1. The molecule has 2 N–H and O–H groups in total. The molecule has 2 rings (SSSR count). The maximum atomic E-state index is 12.9. The van der Waals surface area contributed by atoms with Crippen LogP contribution in [0.5, 0.6) is 0 Å². The maximum absolute atomic E-state index is 12.9. The minimum absolute atomic E-state index is 0.0734. The first kappa shape index (κ1) is 19.2. The van der Waals surface area contributed by atoms with Gasteiger partial charge in [0.05, 0.1) is 15.5 Å². The van der Waals surface area contributed by atoms with Gasteiger partial charge < -0.3 is 5.32 Å². The fourth-order valence-corrected chi connectivity index (χ4v) is 3.26. The molecular formula is C17H18ClFN2O3S. The molecule has 25 heavy (non-hydrogen) atoms. The number of benzene rings is 2. The van der Waals surface area contributed by atoms with Crippen molar-refractivity contribution < 1.29 is 17.6 Å². The minimum atomic E-state index is -3.94. The van der Waals surface area contributed by atoms with Crippen molar-refractivity contribution in [1.82, 2.24) is 5.32 Å². The highest BCUT2D eigenvalue weighted by atomic mass is 35.5. The van der Waals surface area contributed by atoms with E-state index in [9.17, 15) is 17.6 Å². The standard InChI is InChI=1S/C17H18ClFN2O3S/c1-11(2)10-20-17(22)15-9-14(7-8-16(15)18)25(23,24)21-13-5-3-12(19)4-6-13/h3-9,11,21H,10H2,1-2H3,(H,20,22). The van der Waals surface area contributed by atoms with Crippen molar-refractivity contribution in [3.63, 3.8) is 0 Å². The molecule has 0 saturated carbocycles. The zero-order valence-electron chi connectivity index (χ0n) is 13.7. The van der Waals surface area contributed by atoms with Crippen LogP contribution in [0, 0.1) is 11.7 Å². The number of anilines is 1. The number of sulfonamides is 1. The number of carbonyl (C=O) groups is 1. The zero-order valence-corrected chi connectivity index (χ0v) is 15.3. The number of halogens is 2. The molecule has 0 aliphatic carbocycles. The summed E-state index contributed by atoms with van der Waals surface area (Å²) in [7, 11) is -3.94. The number of amides is 1. The molecule has 0 fully saturated rings. The van der Waals surface area contributed by atoms with Gasteiger partial charge in [-0.05, 0) is 48.4 Å². The summed E-state index contributed by atoms with van der Waals surface area (Å²) in [5.41, 5.74) is 0.284. The lowest BCUT2D eigenvalue weighted by Crippen LogP contribution is -2.27. The zero-order chi connectivity index (χ0) is 18.6. The number of nitrogens with one attached hydrogen (secondary N) is 2. The largest absolute Gasteiger partial charge is 0.352 e. The SMILES string of the molecule is CC(C)CNC(=O)c1cc(S(=O)(=O)Nc2ccc(F)cc2)ccc1Cl. The third-order valence-corrected chi connectivity index (χ3v) is 4.97. The highest BCUT2D eigenvalue weighted by molar-refractivity contribution is 7.92. The van der Waals surface area contributed by atoms with Crippen molar-refractivity contribution >= 4 is 33.2 Å². The van der Waals surface area contributed by atoms with E-state index in [1.54, 1.807) is 0 Å². The number of hydrogen-bond acceptors (Lipinski definition) is 3. The van der Waals surface area contributed by atoms with Crippen LogP contribution in [0.15, 0.2) is 47.4 Å². The van der Waals surface area contributed by atoms with Gasteiger partial charge in [0, 0.05) is 12.2 Å². The number of hydrogen-bond donors (Lipinski definition) is 2. The van der Waals surface area contributed by atoms with Crippen molar-refractivity contribution in [2.75, 3.05) is 11.3 Å². The van der Waals surface area contributed by atoms with E-state index in [2.05, 4.69) is 10.0 Å². The molecule has 5 nitrogen and oxygen atoms in total. The van der Waals surface area contributed by atoms with E-state index in [1.807, 2.05) is 13.8 Å². The topological polar surface area (TPSA) is 75.3 Å². The van der Waals surface area contributed by atoms with Gasteiger partial charge in [-0.1, -0.05) is 25.4 Å². The fraction of sp³-hybridized carbons (Fsp3) is 0.235. The molecule has 2 aromatic carbocycles. The van der Waals surface area contributed by atoms with Gasteiger partial charge in [0.25, 0.3) is 15.9 Å². The average molecular weight is 385 g/mol. The number of carbonyl (C=O) groups excluding carboxylic acids is 1. The van der Waals surface area contributed by atoms with Crippen LogP contribution in [-0.4, -0.2) is 20.9 Å². The highest BCUT2D eigenvalue weighted by Gasteiger charge is 2.19. The third kappa shape index (κ3) is 5.17. The van der Waals surface area contributed by atoms with Crippen LogP contribution < -0.4 is 10.0 Å². The molecule has 0 heterocycles. The van der Waals surface area contributed by atoms with E-state index in [0.29, 0.717) is 6.54 Å². The molecule has 0 bridgehead atoms. The van der Waals surface area contributed by atoms with Crippen molar-refractivity contribution in [3.05, 3.63) is 58.9 Å². The molecule has 8 heteroatoms. The van der Waals surface area contributed by atoms with Gasteiger partial charge >= 0.3 is 0 Å². The first-order valence-corrected chi connectivity index (χ1v) is 9.41. The Morgan fingerprint density at radius 1 is 1.16 bits per heavy atom. The molecule has 134 valence electrons. The van der Waals surface area contributed by atoms with Crippen LogP contribution in [0.2, 0.25) is 5.02 Å². The summed E-state index contributed by atoms with van der Waals surface area (Å²) in [6.07, 6.45) is 0. The highest BCUT2D eigenvalue weighted by Crippen LogP contribution is 2.22. The second kappa shape index (κ2) is 7.84. The molecule has 0 spiro atoms. The van der Waals surface area contributed by atoms with Gasteiger partial charge in [0.1, 0.15) is 5.82 Å². The molecule has 0 aliphatic rings. The Morgan fingerprint density at radius 3 is 2.40 bits per heavy atom. The smallest absolute Gasteiger partial charge is 0.261 e. The van der Waals surface area contributed by atoms with Gasteiger partial charge in [-0.2, -0.15) is 0 Å². The fourth-order valence-electron chi connectivity index (χ4n) is 1.97. The Labute approximate surface area is 151 Å². The van der Waals surface area contributed by atoms with Crippen LogP contribution in [0.4, 0.5) is 10.1 Å². The summed E-state index contributed by atoms with van der Waals surface area (Å²) < 4.78 is 40.2. The van der Waals surface area contributed by atoms with Crippen molar-refractivity contribution in [3.8, 4) is 0 Å². The summed E-state index contributed by atoms with van der Waals surface area (Å²) in [5, 5.41) is 2.85. The molecule has 0 unspecified atom stereocenters. The monoisotopic (exact) mass is 384 g/mol. The van der Waals surface area contributed by atoms with Gasteiger partial charge in [-0.3, -0.25) is 9.52 Å². The van der Waals surface area contributed by atoms with Gasteiger partial charge in [-0.15, -0.1) is 0 Å². The van der Waals surface area contributed by atoms with E-state index in [0.717, 1.165) is 12.1 Å². The van der Waals surface area contributed by atoms with Gasteiger partial charge in [0.2, 0.25) is 0 Å². The predicted octanol–water partition coefficient (Wildman–Crippen LogP) is 3.67. The average Bonchev–Trinajstić information content (AvgIpc) is 2.54. The molecule has 0 aliphatic heterocycles. The Bertz CT molecular complexity index is 868. The minimum Gasteiger partial charge on any atom is -0.352 e. The summed E-state index contributed by atoms with van der Waals surface area (Å²) in [6.45, 7) is 4.32. The first-order valence-electron chi connectivity index (χ1n) is 7.55. The Morgan fingerprint density at radius 2 is 1.80 bits per heavy atom. The summed E-state index contributed by atoms with van der Waals surface area (Å²) in [5.74, 6) is -0.675. The Hall–Kier alpha value is -2.12. The Balaban J connectivity index is 2.27. The maximum Gasteiger partial charge on any atom is 0.261 e. The van der Waals surface area contributed by atoms with Crippen LogP contribution in [0.1, 0.15) is 24.2 Å². The second-order valence-corrected chi connectivity index (χ2v) is 7.95. The lowest BCUT2D eigenvalue weighted by Gasteiger charge is -2.12. The molecule has 0 radical (unpaired) electrons. The van der Waals surface area contributed by atoms with Crippen LogP contribution >= 0.6 is 11.6 Å². The first-order chi connectivity index (χ1) is 11.7. The lowest BCUT2D eigenvalue weighted by atomic mass is 10.2. The van der Waals surface area contributed by atoms with Gasteiger partial charge in [0.15, 0.2) is 0 Å². The molecule has 0 saturated heterocycles. The van der Waals surface area contributed by atoms with E-state index in [-0.39, 0.29) is 27.1 Å². The van der Waals surface area contributed by atoms with Crippen molar-refractivity contribution in [2.24, 2.45) is 5.92 Å². The molecule has 2 aromatic rings. The molecular weight excluding hydrogens is 367 g/mol. The van der Waals surface area contributed by atoms with Crippen LogP contribution in [-0.2, 0) is 10.0 Å². The van der Waals surface area contributed by atoms with E-state index in [4.69, 9.17) is 11.6 Å². The quantitative estimate of drug-likeness (QED) is 0.797. The molecule has 1 amide bonds. The summed E-state index contributed by atoms with van der Waals surface area (Å²) >= 11 is 6.02. The van der Waals surface area contributed by atoms with Crippen molar-refractivity contribution in [2.45, 2.75) is 18.7 Å². The van der Waals surface area contributed by atoms with Crippen LogP contribution in [0.3, 0.4) is 0 Å². The normalized spacial score (nSPS) is 11.4. The molecule has 0 aromatic heterocycles. The van der Waals surface area contributed by atoms with Crippen LogP contribution in [0.25, 0.3) is 0 Å².